The van der Waals surface area contributed by atoms with Crippen LogP contribution in [-0.4, -0.2) is 30.4 Å². The molecule has 0 saturated carbocycles. The first kappa shape index (κ1) is 14.2. The van der Waals surface area contributed by atoms with Gasteiger partial charge in [0.25, 0.3) is 0 Å². The number of hydrogen-bond acceptors (Lipinski definition) is 3. The molecule has 0 aliphatic rings. The number of hydrogen-bond donors (Lipinski definition) is 1. The minimum atomic E-state index is 0.124. The van der Waals surface area contributed by atoms with E-state index in [1.165, 1.54) is 4.88 Å². The van der Waals surface area contributed by atoms with E-state index >= 15 is 0 Å². The summed E-state index contributed by atoms with van der Waals surface area (Å²) in [7, 11) is 0. The maximum Gasteiger partial charge on any atom is 0.219 e. The molecule has 1 atom stereocenters. The second kappa shape index (κ2) is 7.45. The molecular formula is C13H22N2OS. The van der Waals surface area contributed by atoms with Crippen molar-refractivity contribution in [1.82, 2.24) is 10.2 Å². The van der Waals surface area contributed by atoms with Gasteiger partial charge in [0.05, 0.1) is 6.04 Å². The van der Waals surface area contributed by atoms with Crippen LogP contribution in [0.1, 0.15) is 38.1 Å². The van der Waals surface area contributed by atoms with E-state index in [1.54, 1.807) is 11.3 Å². The molecule has 0 aliphatic heterocycles. The molecule has 0 spiro atoms. The summed E-state index contributed by atoms with van der Waals surface area (Å²) < 4.78 is 0. The summed E-state index contributed by atoms with van der Waals surface area (Å²) in [5, 5.41) is 5.09. The Hall–Kier alpha value is -0.870. The second-order valence-electron chi connectivity index (χ2n) is 3.91. The molecule has 3 nitrogen and oxygen atoms in total. The van der Waals surface area contributed by atoms with E-state index in [-0.39, 0.29) is 5.91 Å². The van der Waals surface area contributed by atoms with Crippen molar-refractivity contribution in [2.45, 2.75) is 33.2 Å². The van der Waals surface area contributed by atoms with Crippen molar-refractivity contribution in [3.05, 3.63) is 22.4 Å². The van der Waals surface area contributed by atoms with Gasteiger partial charge in [-0.15, -0.1) is 11.3 Å². The SMILES string of the molecule is CCC(=O)NCC(c1cccs1)N(CC)CC. The maximum atomic E-state index is 11.4. The summed E-state index contributed by atoms with van der Waals surface area (Å²) in [6.07, 6.45) is 0.551. The van der Waals surface area contributed by atoms with Gasteiger partial charge in [-0.3, -0.25) is 9.69 Å². The molecule has 0 radical (unpaired) electrons. The van der Waals surface area contributed by atoms with Crippen molar-refractivity contribution in [1.29, 1.82) is 0 Å². The van der Waals surface area contributed by atoms with E-state index < -0.39 is 0 Å². The number of likely N-dealkylation sites (N-methyl/N-ethyl adjacent to an activating group) is 1. The highest BCUT2D eigenvalue weighted by Crippen LogP contribution is 2.24. The predicted octanol–water partition coefficient (Wildman–Crippen LogP) is 2.66. The van der Waals surface area contributed by atoms with Crippen molar-refractivity contribution >= 4 is 17.2 Å². The Morgan fingerprint density at radius 3 is 2.59 bits per heavy atom. The third-order valence-electron chi connectivity index (χ3n) is 2.94. The van der Waals surface area contributed by atoms with Crippen LogP contribution >= 0.6 is 11.3 Å². The van der Waals surface area contributed by atoms with Crippen LogP contribution in [0.4, 0.5) is 0 Å². The fourth-order valence-electron chi connectivity index (χ4n) is 1.89. The summed E-state index contributed by atoms with van der Waals surface area (Å²) in [4.78, 5) is 15.1. The van der Waals surface area contributed by atoms with Crippen LogP contribution in [0.25, 0.3) is 0 Å². The molecule has 0 bridgehead atoms. The standard InChI is InChI=1S/C13H22N2OS/c1-4-13(16)14-10-11(15(5-2)6-3)12-8-7-9-17-12/h7-9,11H,4-6,10H2,1-3H3,(H,14,16). The molecule has 1 aromatic heterocycles. The molecule has 1 amide bonds. The Labute approximate surface area is 108 Å². The molecule has 4 heteroatoms. The Balaban J connectivity index is 2.69. The zero-order chi connectivity index (χ0) is 12.7. The first-order valence-electron chi connectivity index (χ1n) is 6.27. The maximum absolute atomic E-state index is 11.4. The minimum Gasteiger partial charge on any atom is -0.354 e. The molecule has 1 unspecified atom stereocenters. The van der Waals surface area contributed by atoms with E-state index in [4.69, 9.17) is 0 Å². The molecule has 1 heterocycles. The van der Waals surface area contributed by atoms with Crippen molar-refractivity contribution in [3.63, 3.8) is 0 Å². The van der Waals surface area contributed by atoms with Crippen molar-refractivity contribution in [3.8, 4) is 0 Å². The summed E-state index contributed by atoms with van der Waals surface area (Å²) >= 11 is 1.76. The van der Waals surface area contributed by atoms with Crippen LogP contribution in [0.3, 0.4) is 0 Å². The zero-order valence-electron chi connectivity index (χ0n) is 10.9. The lowest BCUT2D eigenvalue weighted by Gasteiger charge is -2.29. The van der Waals surface area contributed by atoms with Gasteiger partial charge in [0, 0.05) is 17.8 Å². The largest absolute Gasteiger partial charge is 0.354 e. The molecular weight excluding hydrogens is 232 g/mol. The molecule has 0 aromatic carbocycles. The van der Waals surface area contributed by atoms with E-state index in [2.05, 4.69) is 41.6 Å². The first-order chi connectivity index (χ1) is 8.22. The quantitative estimate of drug-likeness (QED) is 0.811. The lowest BCUT2D eigenvalue weighted by Crippen LogP contribution is -2.37. The monoisotopic (exact) mass is 254 g/mol. The van der Waals surface area contributed by atoms with Gasteiger partial charge in [0.1, 0.15) is 0 Å². The Morgan fingerprint density at radius 1 is 1.41 bits per heavy atom. The lowest BCUT2D eigenvalue weighted by molar-refractivity contribution is -0.121. The molecule has 0 aliphatic carbocycles. The van der Waals surface area contributed by atoms with Gasteiger partial charge < -0.3 is 5.32 Å². The Morgan fingerprint density at radius 2 is 2.12 bits per heavy atom. The van der Waals surface area contributed by atoms with Crippen LogP contribution in [0.5, 0.6) is 0 Å². The second-order valence-corrected chi connectivity index (χ2v) is 4.89. The highest BCUT2D eigenvalue weighted by Gasteiger charge is 2.19. The smallest absolute Gasteiger partial charge is 0.219 e. The van der Waals surface area contributed by atoms with Crippen LogP contribution in [0, 0.1) is 0 Å². The first-order valence-corrected chi connectivity index (χ1v) is 7.14. The molecule has 96 valence electrons. The van der Waals surface area contributed by atoms with Gasteiger partial charge in [0.2, 0.25) is 5.91 Å². The van der Waals surface area contributed by atoms with Crippen LogP contribution < -0.4 is 5.32 Å². The van der Waals surface area contributed by atoms with Gasteiger partial charge in [-0.1, -0.05) is 26.8 Å². The number of thiophene rings is 1. The van der Waals surface area contributed by atoms with Gasteiger partial charge in [0.15, 0.2) is 0 Å². The summed E-state index contributed by atoms with van der Waals surface area (Å²) in [6.45, 7) is 8.90. The Bertz CT molecular complexity index is 320. The third-order valence-corrected chi connectivity index (χ3v) is 3.91. The lowest BCUT2D eigenvalue weighted by atomic mass is 10.2. The average molecular weight is 254 g/mol. The Kier molecular flexibility index (Phi) is 6.22. The molecule has 17 heavy (non-hydrogen) atoms. The van der Waals surface area contributed by atoms with Gasteiger partial charge >= 0.3 is 0 Å². The number of rotatable bonds is 7. The highest BCUT2D eigenvalue weighted by atomic mass is 32.1. The average Bonchev–Trinajstić information content (AvgIpc) is 2.87. The van der Waals surface area contributed by atoms with Crippen LogP contribution in [0.2, 0.25) is 0 Å². The zero-order valence-corrected chi connectivity index (χ0v) is 11.7. The molecule has 1 N–H and O–H groups in total. The number of carbonyl (C=O) groups is 1. The van der Waals surface area contributed by atoms with E-state index in [9.17, 15) is 4.79 Å². The van der Waals surface area contributed by atoms with Gasteiger partial charge in [-0.05, 0) is 24.5 Å². The van der Waals surface area contributed by atoms with Crippen molar-refractivity contribution in [2.75, 3.05) is 19.6 Å². The number of carbonyl (C=O) groups excluding carboxylic acids is 1. The fourth-order valence-corrected chi connectivity index (χ4v) is 2.75. The summed E-state index contributed by atoms with van der Waals surface area (Å²) in [6, 6.07) is 4.52. The summed E-state index contributed by atoms with van der Waals surface area (Å²) in [5.74, 6) is 0.124. The molecule has 1 rings (SSSR count). The number of nitrogens with one attached hydrogen (secondary N) is 1. The topological polar surface area (TPSA) is 32.3 Å². The normalized spacial score (nSPS) is 12.7. The summed E-state index contributed by atoms with van der Waals surface area (Å²) in [5.41, 5.74) is 0. The predicted molar refractivity (Wildman–Crippen MR) is 73.3 cm³/mol. The van der Waals surface area contributed by atoms with E-state index in [0.29, 0.717) is 19.0 Å². The van der Waals surface area contributed by atoms with Gasteiger partial charge in [-0.25, -0.2) is 0 Å². The van der Waals surface area contributed by atoms with Gasteiger partial charge in [-0.2, -0.15) is 0 Å². The molecule has 0 fully saturated rings. The van der Waals surface area contributed by atoms with Crippen molar-refractivity contribution < 1.29 is 4.79 Å². The number of nitrogens with zero attached hydrogens (tertiary/aromatic N) is 1. The van der Waals surface area contributed by atoms with Crippen LogP contribution in [0.15, 0.2) is 17.5 Å². The van der Waals surface area contributed by atoms with Crippen LogP contribution in [-0.2, 0) is 4.79 Å². The van der Waals surface area contributed by atoms with Crippen molar-refractivity contribution in [2.24, 2.45) is 0 Å². The third kappa shape index (κ3) is 4.13. The van der Waals surface area contributed by atoms with E-state index in [0.717, 1.165) is 13.1 Å². The molecule has 1 aromatic rings. The van der Waals surface area contributed by atoms with E-state index in [1.807, 2.05) is 6.92 Å². The highest BCUT2D eigenvalue weighted by molar-refractivity contribution is 7.10. The molecule has 0 saturated heterocycles. The fraction of sp³-hybridized carbons (Fsp3) is 0.615. The number of amides is 1. The minimum absolute atomic E-state index is 0.124.